The molecule has 608 valence electrons. The SMILES string of the molecule is CC[C@H](C)[C@H](NC(=O)[C@@H]1CCCCNC/C=C/CNCCCC[C@H](NC(=O)[C@H](CC(C)C)NC(=O)[C@@H](NC(=O)[C@H](CO)NC(=O)CNC(=O)[C@H](Cc2ccccc2)NC(=O)[C@@H](N)Cc2ccccc2)C(C)C)C(=O)N[C@@H](CC(C)C)C(=O)N[C@@H]([C@@H](C)CC)C(=O)N2CCC[C@H]2C(=O)N1)C(=O)N[C@@H](CC(C)C)C(N)=O. The van der Waals surface area contributed by atoms with Crippen LogP contribution in [0.3, 0.4) is 0 Å². The van der Waals surface area contributed by atoms with Crippen LogP contribution in [0.2, 0.25) is 0 Å². The smallest absolute Gasteiger partial charge is 0.246 e. The molecule has 0 aromatic heterocycles. The fourth-order valence-corrected chi connectivity index (χ4v) is 12.9. The van der Waals surface area contributed by atoms with Crippen LogP contribution in [0, 0.1) is 35.5 Å². The van der Waals surface area contributed by atoms with Crippen LogP contribution in [0.5, 0.6) is 0 Å². The Bertz CT molecular complexity index is 3290. The highest BCUT2D eigenvalue weighted by Crippen LogP contribution is 2.24. The van der Waals surface area contributed by atoms with Gasteiger partial charge in [0.25, 0.3) is 0 Å². The number of aliphatic hydroxyl groups excluding tert-OH is 1. The van der Waals surface area contributed by atoms with Gasteiger partial charge in [-0.2, -0.15) is 0 Å². The predicted octanol–water partition coefficient (Wildman–Crippen LogP) is 1.21. The second-order valence-electron chi connectivity index (χ2n) is 30.7. The van der Waals surface area contributed by atoms with Gasteiger partial charge in [-0.3, -0.25) is 62.3 Å². The van der Waals surface area contributed by atoms with Crippen LogP contribution >= 0.6 is 0 Å². The van der Waals surface area contributed by atoms with Gasteiger partial charge in [0.05, 0.1) is 19.2 Å². The molecule has 13 amide bonds. The molecule has 0 radical (unpaired) electrons. The summed E-state index contributed by atoms with van der Waals surface area (Å²) >= 11 is 0. The summed E-state index contributed by atoms with van der Waals surface area (Å²) in [4.78, 5) is 185. The van der Waals surface area contributed by atoms with Crippen molar-refractivity contribution >= 4 is 76.8 Å². The quantitative estimate of drug-likeness (QED) is 0.0447. The fraction of sp³-hybridized carbons (Fsp3) is 0.658. The lowest BCUT2D eigenvalue weighted by Crippen LogP contribution is -2.62. The van der Waals surface area contributed by atoms with Gasteiger partial charge in [0.2, 0.25) is 76.8 Å². The molecule has 2 aromatic carbocycles. The van der Waals surface area contributed by atoms with Gasteiger partial charge >= 0.3 is 0 Å². The lowest BCUT2D eigenvalue weighted by molar-refractivity contribution is -0.143. The Morgan fingerprint density at radius 3 is 1.68 bits per heavy atom. The first kappa shape index (κ1) is 92.5. The van der Waals surface area contributed by atoms with Crippen molar-refractivity contribution in [1.82, 2.24) is 74.0 Å². The van der Waals surface area contributed by atoms with Gasteiger partial charge in [0.15, 0.2) is 0 Å². The second-order valence-corrected chi connectivity index (χ2v) is 30.7. The number of carbonyl (C=O) groups is 13. The maximum Gasteiger partial charge on any atom is 0.246 e. The monoisotopic (exact) mass is 1520 g/mol. The normalized spacial score (nSPS) is 21.2. The summed E-state index contributed by atoms with van der Waals surface area (Å²) in [6, 6.07) is 3.58. The molecule has 2 heterocycles. The second kappa shape index (κ2) is 48.6. The zero-order chi connectivity index (χ0) is 80.9. The Balaban J connectivity index is 1.56. The molecule has 0 saturated carbocycles. The molecule has 0 unspecified atom stereocenters. The number of nitrogens with two attached hydrogens (primary N) is 2. The van der Waals surface area contributed by atoms with Gasteiger partial charge in [-0.25, -0.2) is 0 Å². The molecule has 30 heteroatoms. The topological polar surface area (TPSA) is 454 Å². The molecule has 2 aromatic rings. The van der Waals surface area contributed by atoms with E-state index in [1.807, 2.05) is 97.9 Å². The van der Waals surface area contributed by atoms with Crippen molar-refractivity contribution < 1.29 is 67.4 Å². The van der Waals surface area contributed by atoms with Crippen LogP contribution in [0.1, 0.15) is 178 Å². The maximum atomic E-state index is 15.0. The summed E-state index contributed by atoms with van der Waals surface area (Å²) in [6.45, 7) is 22.4. The van der Waals surface area contributed by atoms with Gasteiger partial charge in [-0.15, -0.1) is 0 Å². The molecule has 1 fully saturated rings. The van der Waals surface area contributed by atoms with E-state index in [1.165, 1.54) is 4.90 Å². The summed E-state index contributed by atoms with van der Waals surface area (Å²) in [6.07, 6.45) is 8.51. The average molecular weight is 1530 g/mol. The summed E-state index contributed by atoms with van der Waals surface area (Å²) in [5, 5.41) is 47.3. The highest BCUT2D eigenvalue weighted by Gasteiger charge is 2.43. The predicted molar refractivity (Wildman–Crippen MR) is 416 cm³/mol. The van der Waals surface area contributed by atoms with Crippen LogP contribution in [-0.2, 0) is 75.2 Å². The first-order chi connectivity index (χ1) is 51.8. The maximum absolute atomic E-state index is 15.0. The number of amides is 13. The molecular weight excluding hydrogens is 1400 g/mol. The van der Waals surface area contributed by atoms with Crippen LogP contribution in [-0.4, -0.2) is 205 Å². The number of fused-ring (bicyclic) bond motifs is 1. The molecule has 1 saturated heterocycles. The van der Waals surface area contributed by atoms with E-state index in [9.17, 15) is 62.6 Å². The minimum atomic E-state index is -1.62. The van der Waals surface area contributed by atoms with Crippen molar-refractivity contribution in [2.75, 3.05) is 45.9 Å². The summed E-state index contributed by atoms with van der Waals surface area (Å²) in [5.41, 5.74) is 13.5. The van der Waals surface area contributed by atoms with Crippen LogP contribution in [0.15, 0.2) is 72.8 Å². The minimum absolute atomic E-state index is 0.0192. The van der Waals surface area contributed by atoms with E-state index < -0.39 is 180 Å². The zero-order valence-corrected chi connectivity index (χ0v) is 66.2. The van der Waals surface area contributed by atoms with E-state index in [2.05, 4.69) is 69.1 Å². The number of carbonyl (C=O) groups excluding carboxylic acids is 13. The van der Waals surface area contributed by atoms with Crippen molar-refractivity contribution in [2.24, 2.45) is 47.0 Å². The largest absolute Gasteiger partial charge is 0.394 e. The highest BCUT2D eigenvalue weighted by atomic mass is 16.3. The van der Waals surface area contributed by atoms with E-state index in [0.717, 1.165) is 5.56 Å². The number of benzene rings is 2. The zero-order valence-electron chi connectivity index (χ0n) is 66.2. The van der Waals surface area contributed by atoms with E-state index in [-0.39, 0.29) is 75.7 Å². The molecule has 0 spiro atoms. The van der Waals surface area contributed by atoms with Crippen molar-refractivity contribution in [1.29, 1.82) is 0 Å². The number of primary amides is 1. The van der Waals surface area contributed by atoms with E-state index >= 15 is 4.79 Å². The number of nitrogens with zero attached hydrogens (tertiary/aromatic N) is 1. The summed E-state index contributed by atoms with van der Waals surface area (Å²) in [7, 11) is 0. The molecule has 0 aliphatic carbocycles. The number of aliphatic hydroxyl groups is 1. The van der Waals surface area contributed by atoms with Crippen molar-refractivity contribution in [3.8, 4) is 0 Å². The van der Waals surface area contributed by atoms with Crippen LogP contribution in [0.4, 0.5) is 0 Å². The van der Waals surface area contributed by atoms with Gasteiger partial charge in [-0.05, 0) is 137 Å². The molecule has 2 aliphatic rings. The minimum Gasteiger partial charge on any atom is -0.394 e. The average Bonchev–Trinajstić information content (AvgIpc) is 1.77. The summed E-state index contributed by atoms with van der Waals surface area (Å²) in [5.74, 6) is -11.1. The van der Waals surface area contributed by atoms with E-state index in [4.69, 9.17) is 11.5 Å². The number of nitrogens with one attached hydrogen (secondary N) is 13. The van der Waals surface area contributed by atoms with Gasteiger partial charge < -0.3 is 90.6 Å². The van der Waals surface area contributed by atoms with Crippen LogP contribution < -0.4 is 80.6 Å². The van der Waals surface area contributed by atoms with Gasteiger partial charge in [0.1, 0.15) is 66.5 Å². The molecule has 109 heavy (non-hydrogen) atoms. The third kappa shape index (κ3) is 32.7. The van der Waals surface area contributed by atoms with Crippen molar-refractivity contribution in [3.63, 3.8) is 0 Å². The van der Waals surface area contributed by atoms with Gasteiger partial charge in [-0.1, -0.05) is 169 Å². The molecule has 2 aliphatic heterocycles. The number of hydrogen-bond donors (Lipinski definition) is 16. The molecular formula is C79H128N16O14. The Morgan fingerprint density at radius 1 is 0.550 bits per heavy atom. The molecule has 30 nitrogen and oxygen atoms in total. The first-order valence-electron chi connectivity index (χ1n) is 39.2. The van der Waals surface area contributed by atoms with Crippen molar-refractivity contribution in [3.05, 3.63) is 83.9 Å². The lowest BCUT2D eigenvalue weighted by Gasteiger charge is -2.33. The third-order valence-corrected chi connectivity index (χ3v) is 19.7. The molecule has 14 atom stereocenters. The third-order valence-electron chi connectivity index (χ3n) is 19.7. The van der Waals surface area contributed by atoms with Gasteiger partial charge in [0, 0.05) is 26.1 Å². The molecule has 18 N–H and O–H groups in total. The fourth-order valence-electron chi connectivity index (χ4n) is 12.9. The number of rotatable bonds is 33. The van der Waals surface area contributed by atoms with E-state index in [1.54, 1.807) is 58.0 Å². The first-order valence-corrected chi connectivity index (χ1v) is 39.2. The van der Waals surface area contributed by atoms with E-state index in [0.29, 0.717) is 76.7 Å². The lowest BCUT2D eigenvalue weighted by atomic mass is 9.95. The standard InChI is InChI=1S/C79H128N16O14/c1-13-51(11)66(78(108)88-58(68(81)98)40-47(3)4)93-72(102)57-33-22-24-36-83-38-26-25-37-82-35-23-21-32-56(71(101)90-60(42-49(7)8)74(104)94-67(52(12)14-2)79(109)95-39-27-34-63(95)76(106)87-57)86-73(103)59(41-48(5)6)91-77(107)65(50(9)10)92-75(105)62(46-96)85-64(97)45-84-70(100)61(44-54-30-19-16-20-31-54)89-69(99)55(80)43-53-28-17-15-18-29-53/h15-20,25-26,28-31,47-52,55-63,65-67,82-83,96H,13-14,21-24,27,32-46,80H2,1-12H3,(H2,81,98)(H,84,100)(H,85,97)(H,86,103)(H,87,106)(H,88,108)(H,89,99)(H,90,101)(H,91,107)(H,92,105)(H,93,102)(H,94,104)/b26-25+/t51-,52-,55-,56-,57-,58-,59-,60-,61-,62-,63-,65-,66-,67-/m0/s1. The van der Waals surface area contributed by atoms with Crippen LogP contribution in [0.25, 0.3) is 0 Å². The Kier molecular flexibility index (Phi) is 41.3. The Morgan fingerprint density at radius 2 is 1.12 bits per heavy atom. The molecule has 4 rings (SSSR count). The highest BCUT2D eigenvalue weighted by molar-refractivity contribution is 6.00. The van der Waals surface area contributed by atoms with Crippen molar-refractivity contribution in [2.45, 2.75) is 252 Å². The molecule has 0 bridgehead atoms. The Hall–Kier alpha value is -8.87. The summed E-state index contributed by atoms with van der Waals surface area (Å²) < 4.78 is 0. The Labute approximate surface area is 644 Å². The number of hydrogen-bond acceptors (Lipinski definition) is 17.